The smallest absolute Gasteiger partial charge is 0.264 e. The number of rotatable bonds is 10. The van der Waals surface area contributed by atoms with Gasteiger partial charge in [0.05, 0.1) is 37.6 Å². The number of piperidine rings is 1. The standard InChI is InChI=1S/C47H52N6O6S/c1-46(2,59)33-20-35-38(21-37(33)52-19-17-29-6-3-4-7-31(29)43(52)56)60-42(49-35)30-12-10-27(11-13-30)24-51-25-47(26-51)22-28(23-47)16-18-48-34-9-5-8-32-40(34)45(58)53(44(32)57)36-14-15-39(54)50-41(36)55/h3-9,20-21,27-28,30,36,48,59H,10-19,22-26H2,1-2H3,(H,50,54,55)/t27-,30-,36?. The second-order valence-electron chi connectivity index (χ2n) is 18.9. The fraction of sp³-hybridized carbons (Fsp3) is 0.489. The van der Waals surface area contributed by atoms with Gasteiger partial charge in [-0.1, -0.05) is 24.3 Å². The zero-order valence-corrected chi connectivity index (χ0v) is 35.1. The van der Waals surface area contributed by atoms with E-state index in [1.807, 2.05) is 41.3 Å². The predicted octanol–water partition coefficient (Wildman–Crippen LogP) is 6.62. The van der Waals surface area contributed by atoms with E-state index in [-0.39, 0.29) is 24.7 Å². The summed E-state index contributed by atoms with van der Waals surface area (Å²) in [5.74, 6) is -0.211. The van der Waals surface area contributed by atoms with Crippen molar-refractivity contribution < 1.29 is 29.1 Å². The number of hydrogen-bond donors (Lipinski definition) is 3. The third-order valence-electron chi connectivity index (χ3n) is 14.2. The predicted molar refractivity (Wildman–Crippen MR) is 229 cm³/mol. The molecule has 1 aromatic heterocycles. The van der Waals surface area contributed by atoms with E-state index in [0.717, 1.165) is 69.7 Å². The summed E-state index contributed by atoms with van der Waals surface area (Å²) in [6.45, 7) is 8.35. The molecule has 2 saturated heterocycles. The molecule has 2 saturated carbocycles. The van der Waals surface area contributed by atoms with Crippen LogP contribution in [0.5, 0.6) is 0 Å². The molecule has 2 aliphatic carbocycles. The lowest BCUT2D eigenvalue weighted by molar-refractivity contribution is -0.136. The number of hydrogen-bond acceptors (Lipinski definition) is 10. The molecule has 4 aromatic rings. The van der Waals surface area contributed by atoms with Crippen LogP contribution in [0.4, 0.5) is 11.4 Å². The first-order valence-electron chi connectivity index (χ1n) is 21.7. The minimum atomic E-state index is -1.13. The third kappa shape index (κ3) is 6.92. The molecule has 1 spiro atoms. The van der Waals surface area contributed by atoms with Crippen LogP contribution in [-0.4, -0.2) is 88.2 Å². The Labute approximate surface area is 353 Å². The first-order chi connectivity index (χ1) is 28.8. The van der Waals surface area contributed by atoms with Crippen molar-refractivity contribution >= 4 is 62.5 Å². The molecule has 0 radical (unpaired) electrons. The number of likely N-dealkylation sites (tertiary alicyclic amines) is 1. The Kier molecular flexibility index (Phi) is 9.72. The maximum absolute atomic E-state index is 13.7. The van der Waals surface area contributed by atoms with Crippen molar-refractivity contribution in [2.24, 2.45) is 17.3 Å². The van der Waals surface area contributed by atoms with Crippen molar-refractivity contribution in [2.45, 2.75) is 95.6 Å². The number of carbonyl (C=O) groups excluding carboxylic acids is 5. The Morgan fingerprint density at radius 3 is 2.42 bits per heavy atom. The van der Waals surface area contributed by atoms with Gasteiger partial charge in [0, 0.05) is 61.9 Å². The largest absolute Gasteiger partial charge is 0.386 e. The molecule has 3 N–H and O–H groups in total. The van der Waals surface area contributed by atoms with Crippen LogP contribution in [-0.2, 0) is 21.6 Å². The van der Waals surface area contributed by atoms with Gasteiger partial charge < -0.3 is 20.2 Å². The maximum atomic E-state index is 13.7. The van der Waals surface area contributed by atoms with Gasteiger partial charge in [0.1, 0.15) is 6.04 Å². The van der Waals surface area contributed by atoms with E-state index in [9.17, 15) is 29.1 Å². The van der Waals surface area contributed by atoms with Gasteiger partial charge in [-0.2, -0.15) is 0 Å². The van der Waals surface area contributed by atoms with Gasteiger partial charge in [-0.25, -0.2) is 4.98 Å². The zero-order valence-electron chi connectivity index (χ0n) is 34.3. The number of nitrogens with zero attached hydrogens (tertiary/aromatic N) is 4. The normalized spacial score (nSPS) is 24.4. The van der Waals surface area contributed by atoms with Crippen LogP contribution >= 0.6 is 11.3 Å². The Morgan fingerprint density at radius 2 is 1.65 bits per heavy atom. The van der Waals surface area contributed by atoms with Crippen molar-refractivity contribution in [1.82, 2.24) is 20.1 Å². The van der Waals surface area contributed by atoms with Gasteiger partial charge >= 0.3 is 0 Å². The van der Waals surface area contributed by atoms with E-state index in [2.05, 4.69) is 21.6 Å². The summed E-state index contributed by atoms with van der Waals surface area (Å²) in [7, 11) is 0. The molecule has 5 amide bonds. The monoisotopic (exact) mass is 828 g/mol. The fourth-order valence-corrected chi connectivity index (χ4v) is 12.4. The maximum Gasteiger partial charge on any atom is 0.264 e. The minimum Gasteiger partial charge on any atom is -0.386 e. The molecule has 312 valence electrons. The molecule has 5 heterocycles. The highest BCUT2D eigenvalue weighted by Crippen LogP contribution is 2.53. The number of nitrogens with one attached hydrogen (secondary N) is 2. The van der Waals surface area contributed by atoms with Gasteiger partial charge in [0.15, 0.2) is 0 Å². The SMILES string of the molecule is CC(C)(O)c1cc2nc([C@H]3CC[C@H](CN4CC5(CC(CCNc6cccc7c6C(=O)N(C6CCC(=O)NC6=O)C7=O)C5)C4)CC3)sc2cc1N1CCc2ccccc2C1=O. The Bertz CT molecular complexity index is 2430. The first-order valence-corrected chi connectivity index (χ1v) is 22.5. The van der Waals surface area contributed by atoms with E-state index >= 15 is 0 Å². The van der Waals surface area contributed by atoms with E-state index < -0.39 is 29.4 Å². The van der Waals surface area contributed by atoms with Crippen LogP contribution in [0.3, 0.4) is 0 Å². The number of anilines is 2. The number of fused-ring (bicyclic) bond motifs is 3. The summed E-state index contributed by atoms with van der Waals surface area (Å²) < 4.78 is 1.07. The molecular weight excluding hydrogens is 777 g/mol. The number of aliphatic hydroxyl groups is 1. The van der Waals surface area contributed by atoms with Crippen molar-refractivity contribution in [3.63, 3.8) is 0 Å². The Morgan fingerprint density at radius 1 is 0.883 bits per heavy atom. The van der Waals surface area contributed by atoms with Crippen LogP contribution in [0.15, 0.2) is 54.6 Å². The summed E-state index contributed by atoms with van der Waals surface area (Å²) in [5.41, 5.74) is 4.76. The molecular formula is C47H52N6O6S. The van der Waals surface area contributed by atoms with Gasteiger partial charge in [-0.3, -0.25) is 34.2 Å². The van der Waals surface area contributed by atoms with E-state index in [1.165, 1.54) is 43.8 Å². The first kappa shape index (κ1) is 39.2. The highest BCUT2D eigenvalue weighted by atomic mass is 32.1. The number of thiazole rings is 1. The molecule has 3 aromatic carbocycles. The van der Waals surface area contributed by atoms with Gasteiger partial charge in [-0.15, -0.1) is 11.3 Å². The molecule has 13 heteroatoms. The average Bonchev–Trinajstić information content (AvgIpc) is 3.73. The quantitative estimate of drug-likeness (QED) is 0.150. The van der Waals surface area contributed by atoms with Crippen molar-refractivity contribution in [2.75, 3.05) is 42.9 Å². The zero-order chi connectivity index (χ0) is 41.5. The van der Waals surface area contributed by atoms with Crippen LogP contribution in [0.2, 0.25) is 0 Å². The molecule has 6 aliphatic rings. The average molecular weight is 829 g/mol. The molecule has 10 rings (SSSR count). The molecule has 4 fully saturated rings. The lowest BCUT2D eigenvalue weighted by Gasteiger charge is -2.60. The van der Waals surface area contributed by atoms with Crippen LogP contribution in [0.25, 0.3) is 10.2 Å². The van der Waals surface area contributed by atoms with E-state index in [0.29, 0.717) is 53.1 Å². The van der Waals surface area contributed by atoms with Gasteiger partial charge in [0.25, 0.3) is 17.7 Å². The van der Waals surface area contributed by atoms with Crippen molar-refractivity contribution in [1.29, 1.82) is 0 Å². The summed E-state index contributed by atoms with van der Waals surface area (Å²) in [6, 6.07) is 16.2. The molecule has 1 atom stereocenters. The highest BCUT2D eigenvalue weighted by Gasteiger charge is 2.52. The molecule has 60 heavy (non-hydrogen) atoms. The van der Waals surface area contributed by atoms with Crippen molar-refractivity contribution in [3.05, 3.63) is 87.4 Å². The molecule has 1 unspecified atom stereocenters. The Balaban J connectivity index is 0.693. The van der Waals surface area contributed by atoms with Crippen LogP contribution < -0.4 is 15.5 Å². The number of imide groups is 2. The Hall–Kier alpha value is -4.98. The topological polar surface area (TPSA) is 152 Å². The number of benzene rings is 3. The van der Waals surface area contributed by atoms with Crippen LogP contribution in [0, 0.1) is 17.3 Å². The fourth-order valence-electron chi connectivity index (χ4n) is 11.2. The summed E-state index contributed by atoms with van der Waals surface area (Å²) in [5, 5.41) is 18.1. The van der Waals surface area contributed by atoms with Gasteiger partial charge in [0.2, 0.25) is 11.8 Å². The number of carbonyl (C=O) groups is 5. The van der Waals surface area contributed by atoms with Crippen LogP contribution in [0.1, 0.15) is 125 Å². The number of aromatic nitrogens is 1. The lowest BCUT2D eigenvalue weighted by Crippen LogP contribution is -2.63. The summed E-state index contributed by atoms with van der Waals surface area (Å²) in [6.07, 6.45) is 9.11. The lowest BCUT2D eigenvalue weighted by atomic mass is 9.57. The van der Waals surface area contributed by atoms with E-state index in [4.69, 9.17) is 4.98 Å². The number of amides is 5. The molecule has 0 bridgehead atoms. The third-order valence-corrected chi connectivity index (χ3v) is 15.4. The second kappa shape index (κ2) is 14.9. The molecule has 12 nitrogen and oxygen atoms in total. The van der Waals surface area contributed by atoms with Gasteiger partial charge in [-0.05, 0) is 125 Å². The summed E-state index contributed by atoms with van der Waals surface area (Å²) in [4.78, 5) is 75.1. The van der Waals surface area contributed by atoms with Crippen molar-refractivity contribution in [3.8, 4) is 0 Å². The second-order valence-corrected chi connectivity index (χ2v) is 19.9. The highest BCUT2D eigenvalue weighted by molar-refractivity contribution is 7.18. The molecule has 4 aliphatic heterocycles. The van der Waals surface area contributed by atoms with E-state index in [1.54, 1.807) is 37.3 Å². The summed E-state index contributed by atoms with van der Waals surface area (Å²) >= 11 is 1.75. The minimum absolute atomic E-state index is 0.0159.